The lowest BCUT2D eigenvalue weighted by molar-refractivity contribution is -0.305. The van der Waals surface area contributed by atoms with Crippen molar-refractivity contribution in [3.63, 3.8) is 0 Å². The lowest BCUT2D eigenvalue weighted by Gasteiger charge is -2.25. The molecule has 124 valence electrons. The van der Waals surface area contributed by atoms with Crippen LogP contribution in [0.25, 0.3) is 5.70 Å². The van der Waals surface area contributed by atoms with Gasteiger partial charge in [-0.1, -0.05) is 28.1 Å². The molecule has 3 rings (SSSR count). The summed E-state index contributed by atoms with van der Waals surface area (Å²) in [5, 5.41) is 12.0. The van der Waals surface area contributed by atoms with E-state index in [1.165, 1.54) is 5.01 Å². The summed E-state index contributed by atoms with van der Waals surface area (Å²) in [4.78, 5) is 23.0. The number of nitrogens with one attached hydrogen (secondary N) is 1. The maximum absolute atomic E-state index is 12.4. The maximum atomic E-state index is 12.4. The highest BCUT2D eigenvalue weighted by Gasteiger charge is 2.31. The SMILES string of the molecule is O=C([O-])CCC(=O)N1NC(c2ccco2)=C[C@H]1c1ccc(Br)cc1. The summed E-state index contributed by atoms with van der Waals surface area (Å²) >= 11 is 3.38. The molecule has 1 N–H and O–H groups in total. The van der Waals surface area contributed by atoms with Gasteiger partial charge in [0.1, 0.15) is 0 Å². The number of nitrogens with zero attached hydrogens (tertiary/aromatic N) is 1. The second-order valence-electron chi connectivity index (χ2n) is 5.30. The lowest BCUT2D eigenvalue weighted by atomic mass is 10.1. The number of carboxylic acid groups (broad SMARTS) is 1. The van der Waals surface area contributed by atoms with Crippen molar-refractivity contribution in [3.05, 3.63) is 64.5 Å². The van der Waals surface area contributed by atoms with Crippen LogP contribution in [-0.4, -0.2) is 16.9 Å². The van der Waals surface area contributed by atoms with E-state index in [2.05, 4.69) is 21.4 Å². The van der Waals surface area contributed by atoms with Crippen molar-refractivity contribution < 1.29 is 19.1 Å². The first kappa shape index (κ1) is 16.3. The molecule has 0 unspecified atom stereocenters. The number of furan rings is 1. The van der Waals surface area contributed by atoms with E-state index in [0.29, 0.717) is 11.5 Å². The molecule has 2 heterocycles. The number of hydrazine groups is 1. The summed E-state index contributed by atoms with van der Waals surface area (Å²) in [6.45, 7) is 0. The number of carbonyl (C=O) groups excluding carboxylic acids is 2. The van der Waals surface area contributed by atoms with Crippen molar-refractivity contribution in [1.29, 1.82) is 0 Å². The Hall–Kier alpha value is -2.54. The van der Waals surface area contributed by atoms with E-state index >= 15 is 0 Å². The van der Waals surface area contributed by atoms with Crippen LogP contribution >= 0.6 is 15.9 Å². The third kappa shape index (κ3) is 3.51. The molecule has 7 heteroatoms. The molecule has 0 saturated heterocycles. The number of carbonyl (C=O) groups is 2. The van der Waals surface area contributed by atoms with Gasteiger partial charge in [0.2, 0.25) is 5.91 Å². The zero-order valence-corrected chi connectivity index (χ0v) is 14.2. The van der Waals surface area contributed by atoms with E-state index in [0.717, 1.165) is 10.0 Å². The fourth-order valence-corrected chi connectivity index (χ4v) is 2.75. The summed E-state index contributed by atoms with van der Waals surface area (Å²) in [6, 6.07) is 10.8. The molecule has 0 aliphatic carbocycles. The summed E-state index contributed by atoms with van der Waals surface area (Å²) in [5.74, 6) is -0.973. The Balaban J connectivity index is 1.87. The van der Waals surface area contributed by atoms with E-state index in [4.69, 9.17) is 4.42 Å². The molecule has 6 nitrogen and oxygen atoms in total. The van der Waals surface area contributed by atoms with E-state index in [1.807, 2.05) is 30.3 Å². The highest BCUT2D eigenvalue weighted by Crippen LogP contribution is 2.32. The third-order valence-electron chi connectivity index (χ3n) is 3.65. The van der Waals surface area contributed by atoms with Gasteiger partial charge < -0.3 is 14.3 Å². The summed E-state index contributed by atoms with van der Waals surface area (Å²) in [6.07, 6.45) is 2.97. The second-order valence-corrected chi connectivity index (χ2v) is 6.22. The quantitative estimate of drug-likeness (QED) is 0.844. The Bertz CT molecular complexity index is 768. The number of amides is 1. The van der Waals surface area contributed by atoms with Gasteiger partial charge in [0, 0.05) is 16.9 Å². The van der Waals surface area contributed by atoms with Crippen LogP contribution in [0.4, 0.5) is 0 Å². The van der Waals surface area contributed by atoms with Crippen LogP contribution < -0.4 is 10.5 Å². The van der Waals surface area contributed by atoms with E-state index in [1.54, 1.807) is 18.4 Å². The van der Waals surface area contributed by atoms with Crippen LogP contribution in [0.15, 0.2) is 57.6 Å². The van der Waals surface area contributed by atoms with Gasteiger partial charge in [-0.2, -0.15) is 0 Å². The number of hydrogen-bond donors (Lipinski definition) is 1. The average molecular weight is 390 g/mol. The van der Waals surface area contributed by atoms with Crippen LogP contribution in [0.5, 0.6) is 0 Å². The number of benzene rings is 1. The molecule has 1 aliphatic rings. The minimum atomic E-state index is -1.25. The van der Waals surface area contributed by atoms with Gasteiger partial charge in [-0.25, -0.2) is 5.01 Å². The first-order valence-corrected chi connectivity index (χ1v) is 8.13. The highest BCUT2D eigenvalue weighted by molar-refractivity contribution is 9.10. The standard InChI is InChI=1S/C17H15BrN2O4/c18-12-5-3-11(4-6-12)14-10-13(15-2-1-9-24-15)19-20(14)16(21)7-8-17(22)23/h1-6,9-10,14,19H,7-8H2,(H,22,23)/p-1/t14-/m0/s1. The van der Waals surface area contributed by atoms with Gasteiger partial charge >= 0.3 is 0 Å². The number of halogens is 1. The van der Waals surface area contributed by atoms with Crippen LogP contribution in [-0.2, 0) is 9.59 Å². The first-order valence-electron chi connectivity index (χ1n) is 7.34. The van der Waals surface area contributed by atoms with Gasteiger partial charge in [-0.05, 0) is 42.3 Å². The molecule has 0 spiro atoms. The molecule has 24 heavy (non-hydrogen) atoms. The van der Waals surface area contributed by atoms with Crippen LogP contribution in [0.3, 0.4) is 0 Å². The topological polar surface area (TPSA) is 85.6 Å². The van der Waals surface area contributed by atoms with Crippen LogP contribution in [0.1, 0.15) is 30.2 Å². The van der Waals surface area contributed by atoms with Crippen molar-refractivity contribution in [3.8, 4) is 0 Å². The zero-order chi connectivity index (χ0) is 17.1. The molecule has 1 aromatic heterocycles. The predicted octanol–water partition coefficient (Wildman–Crippen LogP) is 2.00. The number of carboxylic acids is 1. The highest BCUT2D eigenvalue weighted by atomic mass is 79.9. The molecule has 0 fully saturated rings. The fourth-order valence-electron chi connectivity index (χ4n) is 2.49. The normalized spacial score (nSPS) is 16.6. The molecule has 1 atom stereocenters. The predicted molar refractivity (Wildman–Crippen MR) is 87.8 cm³/mol. The van der Waals surface area contributed by atoms with Crippen molar-refractivity contribution in [2.75, 3.05) is 0 Å². The van der Waals surface area contributed by atoms with Gasteiger partial charge in [-0.3, -0.25) is 10.2 Å². The van der Waals surface area contributed by atoms with E-state index < -0.39 is 5.97 Å². The molecule has 0 saturated carbocycles. The molecule has 0 radical (unpaired) electrons. The average Bonchev–Trinajstić information content (AvgIpc) is 3.22. The molecular formula is C17H14BrN2O4-. The molecule has 0 bridgehead atoms. The van der Waals surface area contributed by atoms with E-state index in [9.17, 15) is 14.7 Å². The summed E-state index contributed by atoms with van der Waals surface area (Å²) < 4.78 is 6.30. The molecule has 1 aromatic carbocycles. The summed E-state index contributed by atoms with van der Waals surface area (Å²) in [7, 11) is 0. The fraction of sp³-hybridized carbons (Fsp3) is 0.176. The zero-order valence-electron chi connectivity index (χ0n) is 12.6. The first-order chi connectivity index (χ1) is 11.5. The van der Waals surface area contributed by atoms with Crippen molar-refractivity contribution in [2.45, 2.75) is 18.9 Å². The van der Waals surface area contributed by atoms with Crippen molar-refractivity contribution in [1.82, 2.24) is 10.4 Å². The third-order valence-corrected chi connectivity index (χ3v) is 4.18. The molecular weight excluding hydrogens is 376 g/mol. The Labute approximate surface area is 146 Å². The lowest BCUT2D eigenvalue weighted by Crippen LogP contribution is -2.40. The van der Waals surface area contributed by atoms with Crippen LogP contribution in [0.2, 0.25) is 0 Å². The molecule has 2 aromatic rings. The largest absolute Gasteiger partial charge is 0.550 e. The Kier molecular flexibility index (Phi) is 4.71. The minimum Gasteiger partial charge on any atom is -0.550 e. The van der Waals surface area contributed by atoms with Gasteiger partial charge in [0.25, 0.3) is 0 Å². The van der Waals surface area contributed by atoms with Crippen molar-refractivity contribution >= 4 is 33.5 Å². The van der Waals surface area contributed by atoms with E-state index in [-0.39, 0.29) is 24.8 Å². The Morgan fingerprint density at radius 1 is 1.21 bits per heavy atom. The number of hydrogen-bond acceptors (Lipinski definition) is 5. The Morgan fingerprint density at radius 3 is 2.58 bits per heavy atom. The molecule has 1 aliphatic heterocycles. The van der Waals surface area contributed by atoms with Crippen LogP contribution in [0, 0.1) is 0 Å². The second kappa shape index (κ2) is 6.92. The number of aliphatic carboxylic acids is 1. The number of rotatable bonds is 5. The van der Waals surface area contributed by atoms with Crippen molar-refractivity contribution in [2.24, 2.45) is 0 Å². The van der Waals surface area contributed by atoms with Gasteiger partial charge in [-0.15, -0.1) is 0 Å². The molecule has 1 amide bonds. The van der Waals surface area contributed by atoms with Gasteiger partial charge in [0.05, 0.1) is 18.0 Å². The Morgan fingerprint density at radius 2 is 1.96 bits per heavy atom. The van der Waals surface area contributed by atoms with Gasteiger partial charge in [0.15, 0.2) is 5.76 Å². The minimum absolute atomic E-state index is 0.137. The monoisotopic (exact) mass is 389 g/mol. The summed E-state index contributed by atoms with van der Waals surface area (Å²) in [5.41, 5.74) is 4.57. The maximum Gasteiger partial charge on any atom is 0.242 e. The smallest absolute Gasteiger partial charge is 0.242 e.